The molecule has 1 fully saturated rings. The first-order valence-electron chi connectivity index (χ1n) is 22.5. The SMILES string of the molecule is CCCCC[C@@H](O)/C=C/[C@@H]1[C@H](C/C=C\CC(=O)OC[C@@H](O)COC(=O)CCCCCCCCCCCCCCCCCCCCC(C)CC)[C@@H](O)C[C@H]1O. The molecule has 0 amide bonds. The monoisotopic (exact) mass is 765 g/mol. The third-order valence-corrected chi connectivity index (χ3v) is 11.3. The molecule has 1 saturated carbocycles. The summed E-state index contributed by atoms with van der Waals surface area (Å²) in [6, 6.07) is 0. The second-order valence-electron chi connectivity index (χ2n) is 16.4. The molecule has 8 heteroatoms. The van der Waals surface area contributed by atoms with Gasteiger partial charge in [0.15, 0.2) is 0 Å². The first kappa shape index (κ1) is 50.3. The fourth-order valence-corrected chi connectivity index (χ4v) is 7.45. The summed E-state index contributed by atoms with van der Waals surface area (Å²) < 4.78 is 10.3. The van der Waals surface area contributed by atoms with E-state index >= 15 is 0 Å². The van der Waals surface area contributed by atoms with Crippen LogP contribution in [0.2, 0.25) is 0 Å². The Labute approximate surface area is 331 Å². The predicted molar refractivity (Wildman–Crippen MR) is 221 cm³/mol. The smallest absolute Gasteiger partial charge is 0.309 e. The Bertz CT molecular complexity index is 951. The van der Waals surface area contributed by atoms with E-state index in [-0.39, 0.29) is 43.9 Å². The Hall–Kier alpha value is -1.74. The molecule has 0 bridgehead atoms. The molecule has 0 aromatic heterocycles. The van der Waals surface area contributed by atoms with Gasteiger partial charge < -0.3 is 29.9 Å². The molecule has 8 nitrogen and oxygen atoms in total. The molecule has 4 N–H and O–H groups in total. The van der Waals surface area contributed by atoms with Gasteiger partial charge in [0.25, 0.3) is 0 Å². The van der Waals surface area contributed by atoms with Gasteiger partial charge >= 0.3 is 11.9 Å². The third-order valence-electron chi connectivity index (χ3n) is 11.3. The predicted octanol–water partition coefficient (Wildman–Crippen LogP) is 10.5. The van der Waals surface area contributed by atoms with Crippen LogP contribution in [0.3, 0.4) is 0 Å². The zero-order valence-electron chi connectivity index (χ0n) is 35.0. The molecule has 0 saturated heterocycles. The maximum absolute atomic E-state index is 12.1. The molecule has 0 heterocycles. The van der Waals surface area contributed by atoms with Crippen molar-refractivity contribution in [1.29, 1.82) is 0 Å². The van der Waals surface area contributed by atoms with Crippen molar-refractivity contribution in [3.05, 3.63) is 24.3 Å². The minimum absolute atomic E-state index is 0.00758. The molecule has 0 aliphatic heterocycles. The van der Waals surface area contributed by atoms with Crippen molar-refractivity contribution in [3.8, 4) is 0 Å². The fourth-order valence-electron chi connectivity index (χ4n) is 7.45. The van der Waals surface area contributed by atoms with E-state index in [1.54, 1.807) is 18.2 Å². The van der Waals surface area contributed by atoms with Crippen LogP contribution < -0.4 is 0 Å². The average Bonchev–Trinajstić information content (AvgIpc) is 3.43. The van der Waals surface area contributed by atoms with Crippen molar-refractivity contribution in [3.63, 3.8) is 0 Å². The molecule has 316 valence electrons. The molecule has 0 radical (unpaired) electrons. The van der Waals surface area contributed by atoms with E-state index in [1.807, 2.05) is 6.08 Å². The molecule has 1 unspecified atom stereocenters. The lowest BCUT2D eigenvalue weighted by molar-refractivity contribution is -0.151. The number of aliphatic hydroxyl groups excluding tert-OH is 4. The second-order valence-corrected chi connectivity index (χ2v) is 16.4. The van der Waals surface area contributed by atoms with E-state index in [0.29, 0.717) is 19.3 Å². The highest BCUT2D eigenvalue weighted by Gasteiger charge is 2.39. The Morgan fingerprint density at radius 1 is 0.648 bits per heavy atom. The van der Waals surface area contributed by atoms with Gasteiger partial charge in [-0.15, -0.1) is 0 Å². The van der Waals surface area contributed by atoms with Crippen molar-refractivity contribution in [2.45, 2.75) is 225 Å². The summed E-state index contributed by atoms with van der Waals surface area (Å²) in [5, 5.41) is 41.2. The molecule has 0 spiro atoms. The minimum atomic E-state index is -1.08. The van der Waals surface area contributed by atoms with E-state index in [2.05, 4.69) is 20.8 Å². The number of hydrogen-bond acceptors (Lipinski definition) is 8. The summed E-state index contributed by atoms with van der Waals surface area (Å²) >= 11 is 0. The molecule has 1 aliphatic rings. The van der Waals surface area contributed by atoms with Crippen LogP contribution in [0.4, 0.5) is 0 Å². The highest BCUT2D eigenvalue weighted by atomic mass is 16.6. The Balaban J connectivity index is 1.97. The Kier molecular flexibility index (Phi) is 32.1. The second kappa shape index (κ2) is 34.5. The number of unbranched alkanes of at least 4 members (excludes halogenated alkanes) is 19. The van der Waals surface area contributed by atoms with Crippen LogP contribution in [0.25, 0.3) is 0 Å². The summed E-state index contributed by atoms with van der Waals surface area (Å²) in [4.78, 5) is 24.2. The quantitative estimate of drug-likeness (QED) is 0.0281. The van der Waals surface area contributed by atoms with Gasteiger partial charge in [-0.05, 0) is 31.1 Å². The molecule has 0 aromatic carbocycles. The van der Waals surface area contributed by atoms with Gasteiger partial charge in [-0.1, -0.05) is 186 Å². The Morgan fingerprint density at radius 3 is 1.69 bits per heavy atom. The zero-order valence-corrected chi connectivity index (χ0v) is 35.0. The number of hydrogen-bond donors (Lipinski definition) is 4. The maximum Gasteiger partial charge on any atom is 0.309 e. The summed E-state index contributed by atoms with van der Waals surface area (Å²) in [6.07, 6.45) is 35.1. The van der Waals surface area contributed by atoms with E-state index in [1.165, 1.54) is 109 Å². The summed E-state index contributed by atoms with van der Waals surface area (Å²) in [5.41, 5.74) is 0. The summed E-state index contributed by atoms with van der Waals surface area (Å²) in [5.74, 6) is -0.418. The van der Waals surface area contributed by atoms with Crippen molar-refractivity contribution >= 4 is 11.9 Å². The normalized spacial score (nSPS) is 20.5. The number of carbonyl (C=O) groups is 2. The number of ether oxygens (including phenoxy) is 2. The first-order chi connectivity index (χ1) is 26.2. The number of rotatable bonds is 36. The van der Waals surface area contributed by atoms with Crippen molar-refractivity contribution in [2.24, 2.45) is 17.8 Å². The van der Waals surface area contributed by atoms with Gasteiger partial charge in [0.2, 0.25) is 0 Å². The maximum atomic E-state index is 12.1. The van der Waals surface area contributed by atoms with Gasteiger partial charge in [0.1, 0.15) is 19.3 Å². The largest absolute Gasteiger partial charge is 0.463 e. The molecule has 7 atom stereocenters. The highest BCUT2D eigenvalue weighted by molar-refractivity contribution is 5.71. The van der Waals surface area contributed by atoms with E-state index < -0.39 is 30.4 Å². The van der Waals surface area contributed by atoms with Crippen LogP contribution in [0.5, 0.6) is 0 Å². The van der Waals surface area contributed by atoms with Crippen LogP contribution in [0.15, 0.2) is 24.3 Å². The summed E-state index contributed by atoms with van der Waals surface area (Å²) in [7, 11) is 0. The zero-order chi connectivity index (χ0) is 39.7. The van der Waals surface area contributed by atoms with Crippen LogP contribution in [-0.2, 0) is 19.1 Å². The lowest BCUT2D eigenvalue weighted by Gasteiger charge is -2.19. The topological polar surface area (TPSA) is 134 Å². The number of aliphatic hydroxyl groups is 4. The summed E-state index contributed by atoms with van der Waals surface area (Å²) in [6.45, 7) is 6.33. The van der Waals surface area contributed by atoms with E-state index in [9.17, 15) is 30.0 Å². The lowest BCUT2D eigenvalue weighted by atomic mass is 9.89. The Morgan fingerprint density at radius 2 is 1.15 bits per heavy atom. The molecular formula is C46H84O8. The third kappa shape index (κ3) is 27.8. The van der Waals surface area contributed by atoms with Gasteiger partial charge in [-0.2, -0.15) is 0 Å². The van der Waals surface area contributed by atoms with E-state index in [0.717, 1.165) is 44.4 Å². The average molecular weight is 765 g/mol. The number of esters is 2. The fraction of sp³-hybridized carbons (Fsp3) is 0.870. The standard InChI is InChI=1S/C46H84O8/c1-4-6-23-29-39(47)33-34-42-41(43(49)35-44(42)50)30-26-27-32-46(52)54-37-40(48)36-53-45(51)31-25-22-20-18-16-14-12-10-8-7-9-11-13-15-17-19-21-24-28-38(3)5-2/h26-27,33-34,38-44,47-50H,4-25,28-32,35-37H2,1-3H3/b27-26-,34-33+/t38?,39-,40+,41+,42-,43+,44-/m1/s1. The van der Waals surface area contributed by atoms with Gasteiger partial charge in [0.05, 0.1) is 24.7 Å². The lowest BCUT2D eigenvalue weighted by Crippen LogP contribution is -2.25. The van der Waals surface area contributed by atoms with Crippen molar-refractivity contribution in [1.82, 2.24) is 0 Å². The van der Waals surface area contributed by atoms with Crippen LogP contribution in [0, 0.1) is 17.8 Å². The highest BCUT2D eigenvalue weighted by Crippen LogP contribution is 2.36. The number of allylic oxidation sites excluding steroid dienone is 1. The molecule has 54 heavy (non-hydrogen) atoms. The number of carbonyl (C=O) groups excluding carboxylic acids is 2. The van der Waals surface area contributed by atoms with Crippen molar-refractivity contribution < 1.29 is 39.5 Å². The van der Waals surface area contributed by atoms with Gasteiger partial charge in [-0.3, -0.25) is 9.59 Å². The van der Waals surface area contributed by atoms with Gasteiger partial charge in [-0.25, -0.2) is 0 Å². The minimum Gasteiger partial charge on any atom is -0.463 e. The van der Waals surface area contributed by atoms with E-state index in [4.69, 9.17) is 9.47 Å². The van der Waals surface area contributed by atoms with Crippen LogP contribution in [0.1, 0.15) is 201 Å². The molecule has 0 aromatic rings. The molecular weight excluding hydrogens is 680 g/mol. The van der Waals surface area contributed by atoms with Gasteiger partial charge in [0, 0.05) is 18.8 Å². The molecule has 1 rings (SSSR count). The first-order valence-corrected chi connectivity index (χ1v) is 22.5. The van der Waals surface area contributed by atoms with Crippen LogP contribution >= 0.6 is 0 Å². The van der Waals surface area contributed by atoms with Crippen LogP contribution in [-0.4, -0.2) is 70.0 Å². The molecule has 1 aliphatic carbocycles. The van der Waals surface area contributed by atoms with Crippen molar-refractivity contribution in [2.75, 3.05) is 13.2 Å².